The Hall–Kier alpha value is -0.610. The van der Waals surface area contributed by atoms with Crippen LogP contribution in [0.3, 0.4) is 0 Å². The third-order valence-corrected chi connectivity index (χ3v) is 2.58. The number of halogens is 2. The molecule has 0 bridgehead atoms. The van der Waals surface area contributed by atoms with Crippen LogP contribution in [0.25, 0.3) is 0 Å². The Labute approximate surface area is 88.7 Å². The highest BCUT2D eigenvalue weighted by Gasteiger charge is 2.24. The molecule has 0 spiro atoms. The number of methoxy groups -OCH3 is 1. The lowest BCUT2D eigenvalue weighted by molar-refractivity contribution is 0.170. The van der Waals surface area contributed by atoms with E-state index < -0.39 is 0 Å². The van der Waals surface area contributed by atoms with Gasteiger partial charge in [0.2, 0.25) is 12.5 Å². The summed E-state index contributed by atoms with van der Waals surface area (Å²) in [6.45, 7) is 0.199. The molecule has 0 saturated carbocycles. The Morgan fingerprint density at radius 1 is 1.46 bits per heavy atom. The molecule has 5 heteroatoms. The normalized spacial score (nSPS) is 13.2. The highest BCUT2D eigenvalue weighted by molar-refractivity contribution is 9.10. The van der Waals surface area contributed by atoms with Gasteiger partial charge < -0.3 is 14.2 Å². The summed E-state index contributed by atoms with van der Waals surface area (Å²) in [5.41, 5.74) is 0. The van der Waals surface area contributed by atoms with Gasteiger partial charge in [-0.25, -0.2) is 0 Å². The summed E-state index contributed by atoms with van der Waals surface area (Å²) in [7, 11) is 1.54. The molecule has 13 heavy (non-hydrogen) atoms. The summed E-state index contributed by atoms with van der Waals surface area (Å²) in [6, 6.07) is 1.72. The van der Waals surface area contributed by atoms with Crippen LogP contribution >= 0.6 is 27.5 Å². The molecule has 0 aliphatic carbocycles. The number of fused-ring (bicyclic) bond motifs is 1. The molecule has 0 radical (unpaired) electrons. The molecule has 0 aromatic heterocycles. The minimum absolute atomic E-state index is 0.199. The molecule has 0 fully saturated rings. The van der Waals surface area contributed by atoms with Gasteiger partial charge in [-0.15, -0.1) is 0 Å². The number of benzene rings is 1. The second-order valence-corrected chi connectivity index (χ2v) is 3.70. The van der Waals surface area contributed by atoms with E-state index in [9.17, 15) is 0 Å². The smallest absolute Gasteiger partial charge is 0.231 e. The van der Waals surface area contributed by atoms with Crippen LogP contribution < -0.4 is 14.2 Å². The zero-order chi connectivity index (χ0) is 9.42. The first-order valence-electron chi connectivity index (χ1n) is 3.55. The topological polar surface area (TPSA) is 27.7 Å². The number of ether oxygens (including phenoxy) is 3. The van der Waals surface area contributed by atoms with E-state index in [1.165, 1.54) is 7.11 Å². The van der Waals surface area contributed by atoms with Crippen molar-refractivity contribution in [3.05, 3.63) is 15.6 Å². The average Bonchev–Trinajstić information content (AvgIpc) is 2.53. The van der Waals surface area contributed by atoms with E-state index in [1.807, 2.05) is 0 Å². The van der Waals surface area contributed by atoms with Crippen molar-refractivity contribution in [1.82, 2.24) is 0 Å². The van der Waals surface area contributed by atoms with Gasteiger partial charge in [-0.1, -0.05) is 11.6 Å². The molecule has 0 atom stereocenters. The van der Waals surface area contributed by atoms with Crippen LogP contribution in [-0.4, -0.2) is 13.9 Å². The Morgan fingerprint density at radius 3 is 2.85 bits per heavy atom. The molecule has 0 unspecified atom stereocenters. The number of rotatable bonds is 1. The van der Waals surface area contributed by atoms with Gasteiger partial charge in [0, 0.05) is 0 Å². The number of hydrogen-bond acceptors (Lipinski definition) is 3. The molecule has 1 heterocycles. The Kier molecular flexibility index (Phi) is 2.26. The maximum absolute atomic E-state index is 5.92. The van der Waals surface area contributed by atoms with E-state index in [0.29, 0.717) is 22.3 Å². The van der Waals surface area contributed by atoms with E-state index in [4.69, 9.17) is 25.8 Å². The zero-order valence-electron chi connectivity index (χ0n) is 6.77. The quantitative estimate of drug-likeness (QED) is 0.781. The van der Waals surface area contributed by atoms with Gasteiger partial charge in [0.1, 0.15) is 0 Å². The van der Waals surface area contributed by atoms with Crippen molar-refractivity contribution in [2.24, 2.45) is 0 Å². The average molecular weight is 265 g/mol. The Balaban J connectivity index is 2.65. The summed E-state index contributed by atoms with van der Waals surface area (Å²) in [6.07, 6.45) is 0. The lowest BCUT2D eigenvalue weighted by Crippen LogP contribution is -1.94. The number of hydrogen-bond donors (Lipinski definition) is 0. The van der Waals surface area contributed by atoms with E-state index in [1.54, 1.807) is 6.07 Å². The van der Waals surface area contributed by atoms with Crippen molar-refractivity contribution in [2.45, 2.75) is 0 Å². The fraction of sp³-hybridized carbons (Fsp3) is 0.250. The summed E-state index contributed by atoms with van der Waals surface area (Å²) in [4.78, 5) is 0. The van der Waals surface area contributed by atoms with Crippen LogP contribution in [0.1, 0.15) is 0 Å². The van der Waals surface area contributed by atoms with Gasteiger partial charge in [-0.3, -0.25) is 0 Å². The molecule has 1 aliphatic heterocycles. The van der Waals surface area contributed by atoms with Gasteiger partial charge in [0.05, 0.1) is 16.6 Å². The summed E-state index contributed by atoms with van der Waals surface area (Å²) < 4.78 is 16.3. The summed E-state index contributed by atoms with van der Waals surface area (Å²) >= 11 is 9.24. The predicted octanol–water partition coefficient (Wildman–Crippen LogP) is 2.84. The molecule has 1 aromatic rings. The molecular formula is C8H6BrClO3. The van der Waals surface area contributed by atoms with Crippen molar-refractivity contribution in [3.63, 3.8) is 0 Å². The van der Waals surface area contributed by atoms with Crippen molar-refractivity contribution in [3.8, 4) is 17.2 Å². The van der Waals surface area contributed by atoms with Gasteiger partial charge in [0.15, 0.2) is 11.5 Å². The second-order valence-electron chi connectivity index (χ2n) is 2.44. The molecule has 0 saturated heterocycles. The summed E-state index contributed by atoms with van der Waals surface area (Å²) in [5, 5.41) is 0.499. The van der Waals surface area contributed by atoms with Crippen LogP contribution in [0.4, 0.5) is 0 Å². The van der Waals surface area contributed by atoms with Gasteiger partial charge in [0.25, 0.3) is 0 Å². The predicted molar refractivity (Wildman–Crippen MR) is 51.8 cm³/mol. The second kappa shape index (κ2) is 3.27. The van der Waals surface area contributed by atoms with Crippen LogP contribution in [-0.2, 0) is 0 Å². The maximum Gasteiger partial charge on any atom is 0.231 e. The van der Waals surface area contributed by atoms with Crippen LogP contribution in [0, 0.1) is 0 Å². The maximum atomic E-state index is 5.92. The van der Waals surface area contributed by atoms with E-state index >= 15 is 0 Å². The minimum atomic E-state index is 0.199. The van der Waals surface area contributed by atoms with Crippen molar-refractivity contribution >= 4 is 27.5 Å². The molecule has 0 amide bonds. The fourth-order valence-corrected chi connectivity index (χ4v) is 2.09. The van der Waals surface area contributed by atoms with E-state index in [2.05, 4.69) is 15.9 Å². The molecular weight excluding hydrogens is 259 g/mol. The SMILES string of the molecule is COc1c(Cl)cc(Br)c2c1OCO2. The molecule has 70 valence electrons. The Bertz CT molecular complexity index is 354. The highest BCUT2D eigenvalue weighted by Crippen LogP contribution is 2.49. The lowest BCUT2D eigenvalue weighted by atomic mass is 10.3. The molecule has 2 rings (SSSR count). The molecule has 3 nitrogen and oxygen atoms in total. The standard InChI is InChI=1S/C8H6BrClO3/c1-11-7-5(10)2-4(9)6-8(7)13-3-12-6/h2H,3H2,1H3. The monoisotopic (exact) mass is 264 g/mol. The first-order chi connectivity index (χ1) is 6.24. The summed E-state index contributed by atoms with van der Waals surface area (Å²) in [5.74, 6) is 1.71. The first kappa shape index (κ1) is 8.97. The van der Waals surface area contributed by atoms with E-state index in [-0.39, 0.29) is 6.79 Å². The highest BCUT2D eigenvalue weighted by atomic mass is 79.9. The lowest BCUT2D eigenvalue weighted by Gasteiger charge is -2.07. The third-order valence-electron chi connectivity index (χ3n) is 1.71. The van der Waals surface area contributed by atoms with Crippen molar-refractivity contribution in [2.75, 3.05) is 13.9 Å². The fourth-order valence-electron chi connectivity index (χ4n) is 1.17. The Morgan fingerprint density at radius 2 is 2.15 bits per heavy atom. The first-order valence-corrected chi connectivity index (χ1v) is 4.72. The molecule has 0 N–H and O–H groups in total. The zero-order valence-corrected chi connectivity index (χ0v) is 9.11. The molecule has 1 aromatic carbocycles. The largest absolute Gasteiger partial charge is 0.491 e. The minimum Gasteiger partial charge on any atom is -0.491 e. The van der Waals surface area contributed by atoms with Crippen molar-refractivity contribution in [1.29, 1.82) is 0 Å². The third kappa shape index (κ3) is 1.34. The van der Waals surface area contributed by atoms with Crippen LogP contribution in [0.2, 0.25) is 5.02 Å². The van der Waals surface area contributed by atoms with Gasteiger partial charge in [-0.2, -0.15) is 0 Å². The van der Waals surface area contributed by atoms with Gasteiger partial charge >= 0.3 is 0 Å². The van der Waals surface area contributed by atoms with Gasteiger partial charge in [-0.05, 0) is 22.0 Å². The van der Waals surface area contributed by atoms with E-state index in [0.717, 1.165) is 4.47 Å². The molecule has 1 aliphatic rings. The van der Waals surface area contributed by atoms with Crippen molar-refractivity contribution < 1.29 is 14.2 Å². The van der Waals surface area contributed by atoms with Crippen LogP contribution in [0.5, 0.6) is 17.2 Å². The van der Waals surface area contributed by atoms with Crippen LogP contribution in [0.15, 0.2) is 10.5 Å².